The smallest absolute Gasteiger partial charge is 0.374 e. The maximum atomic E-state index is 12.0. The second-order valence-corrected chi connectivity index (χ2v) is 7.25. The van der Waals surface area contributed by atoms with Gasteiger partial charge in [-0.3, -0.25) is 0 Å². The molecule has 0 aliphatic rings. The van der Waals surface area contributed by atoms with Gasteiger partial charge in [0.15, 0.2) is 9.84 Å². The van der Waals surface area contributed by atoms with Crippen LogP contribution in [0.1, 0.15) is 32.0 Å². The summed E-state index contributed by atoms with van der Waals surface area (Å²) in [6, 6.07) is 7.58. The molecule has 0 aliphatic heterocycles. The largest absolute Gasteiger partial charge is 0.463 e. The number of rotatable bonds is 6. The molecule has 0 bridgehead atoms. The average molecular weight is 352 g/mol. The standard InChI is InChI=1S/C16H16O7S/c1-21-16(18)14-13(7-8-22-14)9-23-15(17)12-5-3-11(4-6-12)10-24(2,19)20/h3-8H,9-10H2,1-2H3. The molecule has 0 saturated carbocycles. The molecule has 0 saturated heterocycles. The van der Waals surface area contributed by atoms with E-state index in [1.807, 2.05) is 0 Å². The summed E-state index contributed by atoms with van der Waals surface area (Å²) < 4.78 is 37.1. The summed E-state index contributed by atoms with van der Waals surface area (Å²) in [5.74, 6) is -1.37. The van der Waals surface area contributed by atoms with E-state index in [4.69, 9.17) is 9.15 Å². The molecule has 2 aromatic rings. The number of carbonyl (C=O) groups is 2. The van der Waals surface area contributed by atoms with E-state index in [1.165, 1.54) is 31.6 Å². The molecule has 0 aliphatic carbocycles. The molecule has 0 spiro atoms. The molecule has 1 aromatic carbocycles. The van der Waals surface area contributed by atoms with E-state index in [0.29, 0.717) is 11.1 Å². The molecule has 0 N–H and O–H groups in total. The zero-order valence-electron chi connectivity index (χ0n) is 13.1. The minimum absolute atomic E-state index is 0.0196. The summed E-state index contributed by atoms with van der Waals surface area (Å²) in [5, 5.41) is 0. The van der Waals surface area contributed by atoms with Gasteiger partial charge in [-0.15, -0.1) is 0 Å². The maximum Gasteiger partial charge on any atom is 0.374 e. The third-order valence-electron chi connectivity index (χ3n) is 3.09. The van der Waals surface area contributed by atoms with E-state index in [-0.39, 0.29) is 23.7 Å². The Kier molecular flexibility index (Phi) is 5.40. The number of hydrogen-bond donors (Lipinski definition) is 0. The SMILES string of the molecule is COC(=O)c1occc1COC(=O)c1ccc(CS(C)(=O)=O)cc1. The first-order chi connectivity index (χ1) is 11.3. The van der Waals surface area contributed by atoms with Crippen molar-refractivity contribution < 1.29 is 31.9 Å². The highest BCUT2D eigenvalue weighted by Gasteiger charge is 2.17. The van der Waals surface area contributed by atoms with E-state index in [2.05, 4.69) is 4.74 Å². The summed E-state index contributed by atoms with van der Waals surface area (Å²) in [5.41, 5.74) is 1.25. The van der Waals surface area contributed by atoms with Crippen molar-refractivity contribution in [2.45, 2.75) is 12.4 Å². The molecule has 7 nitrogen and oxygen atoms in total. The molecule has 24 heavy (non-hydrogen) atoms. The van der Waals surface area contributed by atoms with E-state index in [0.717, 1.165) is 6.26 Å². The van der Waals surface area contributed by atoms with Crippen LogP contribution in [0.15, 0.2) is 41.0 Å². The van der Waals surface area contributed by atoms with Crippen LogP contribution in [0.25, 0.3) is 0 Å². The van der Waals surface area contributed by atoms with Crippen molar-refractivity contribution in [3.8, 4) is 0 Å². The van der Waals surface area contributed by atoms with Crippen molar-refractivity contribution in [2.75, 3.05) is 13.4 Å². The van der Waals surface area contributed by atoms with Crippen molar-refractivity contribution in [1.82, 2.24) is 0 Å². The van der Waals surface area contributed by atoms with Crippen LogP contribution in [0.2, 0.25) is 0 Å². The Morgan fingerprint density at radius 3 is 2.33 bits per heavy atom. The molecule has 0 amide bonds. The highest BCUT2D eigenvalue weighted by molar-refractivity contribution is 7.89. The summed E-state index contributed by atoms with van der Waals surface area (Å²) in [6.07, 6.45) is 2.44. The molecule has 128 valence electrons. The molecule has 0 radical (unpaired) electrons. The number of furan rings is 1. The van der Waals surface area contributed by atoms with E-state index in [9.17, 15) is 18.0 Å². The minimum atomic E-state index is -3.14. The van der Waals surface area contributed by atoms with Crippen molar-refractivity contribution in [3.05, 3.63) is 59.0 Å². The third-order valence-corrected chi connectivity index (χ3v) is 3.95. The lowest BCUT2D eigenvalue weighted by atomic mass is 10.1. The zero-order chi connectivity index (χ0) is 17.7. The quantitative estimate of drug-likeness (QED) is 0.733. The predicted octanol–water partition coefficient (Wildman–Crippen LogP) is 1.97. The Balaban J connectivity index is 2.00. The summed E-state index contributed by atoms with van der Waals surface area (Å²) >= 11 is 0. The number of ether oxygens (including phenoxy) is 2. The fourth-order valence-electron chi connectivity index (χ4n) is 1.99. The van der Waals surface area contributed by atoms with Gasteiger partial charge < -0.3 is 13.9 Å². The number of methoxy groups -OCH3 is 1. The fourth-order valence-corrected chi connectivity index (χ4v) is 2.79. The second-order valence-electron chi connectivity index (χ2n) is 5.11. The van der Waals surface area contributed by atoms with E-state index in [1.54, 1.807) is 12.1 Å². The Morgan fingerprint density at radius 2 is 1.75 bits per heavy atom. The van der Waals surface area contributed by atoms with Gasteiger partial charge in [-0.2, -0.15) is 0 Å². The summed E-state index contributed by atoms with van der Waals surface area (Å²) in [6.45, 7) is -0.148. The molecule has 1 heterocycles. The van der Waals surface area contributed by atoms with Gasteiger partial charge in [-0.1, -0.05) is 12.1 Å². The lowest BCUT2D eigenvalue weighted by Crippen LogP contribution is -2.08. The second kappa shape index (κ2) is 7.31. The molecule has 0 fully saturated rings. The van der Waals surface area contributed by atoms with Crippen molar-refractivity contribution in [1.29, 1.82) is 0 Å². The van der Waals surface area contributed by atoms with Gasteiger partial charge in [0.2, 0.25) is 5.76 Å². The number of carbonyl (C=O) groups excluding carboxylic acids is 2. The molecule has 1 aromatic heterocycles. The monoisotopic (exact) mass is 352 g/mol. The molecule has 0 unspecified atom stereocenters. The molecule has 8 heteroatoms. The van der Waals surface area contributed by atoms with Crippen LogP contribution in [0.4, 0.5) is 0 Å². The minimum Gasteiger partial charge on any atom is -0.463 e. The van der Waals surface area contributed by atoms with Crippen molar-refractivity contribution in [3.63, 3.8) is 0 Å². The Labute approximate surface area is 139 Å². The predicted molar refractivity (Wildman–Crippen MR) is 84.2 cm³/mol. The first-order valence-corrected chi connectivity index (χ1v) is 8.94. The third kappa shape index (κ3) is 4.69. The lowest BCUT2D eigenvalue weighted by molar-refractivity contribution is 0.0453. The Bertz CT molecular complexity index is 832. The van der Waals surface area contributed by atoms with Crippen LogP contribution in [0.3, 0.4) is 0 Å². The van der Waals surface area contributed by atoms with Gasteiger partial charge in [0.1, 0.15) is 6.61 Å². The van der Waals surface area contributed by atoms with E-state index >= 15 is 0 Å². The summed E-state index contributed by atoms with van der Waals surface area (Å²) in [4.78, 5) is 23.5. The van der Waals surface area contributed by atoms with Crippen molar-refractivity contribution >= 4 is 21.8 Å². The number of sulfone groups is 1. The maximum absolute atomic E-state index is 12.0. The Hall–Kier alpha value is -2.61. The highest BCUT2D eigenvalue weighted by atomic mass is 32.2. The van der Waals surface area contributed by atoms with E-state index < -0.39 is 21.8 Å². The van der Waals surface area contributed by atoms with Crippen LogP contribution in [0.5, 0.6) is 0 Å². The van der Waals surface area contributed by atoms with Gasteiger partial charge in [-0.05, 0) is 23.8 Å². The highest BCUT2D eigenvalue weighted by Crippen LogP contribution is 2.15. The average Bonchev–Trinajstić information content (AvgIpc) is 2.99. The van der Waals surface area contributed by atoms with Gasteiger partial charge >= 0.3 is 11.9 Å². The van der Waals surface area contributed by atoms with Gasteiger partial charge in [-0.25, -0.2) is 18.0 Å². The molecule has 2 rings (SSSR count). The lowest BCUT2D eigenvalue weighted by Gasteiger charge is -2.06. The van der Waals surface area contributed by atoms with Crippen LogP contribution in [-0.4, -0.2) is 33.7 Å². The van der Waals surface area contributed by atoms with Crippen LogP contribution >= 0.6 is 0 Å². The van der Waals surface area contributed by atoms with Crippen LogP contribution in [0, 0.1) is 0 Å². The van der Waals surface area contributed by atoms with Crippen molar-refractivity contribution in [2.24, 2.45) is 0 Å². The van der Waals surface area contributed by atoms with Gasteiger partial charge in [0, 0.05) is 11.8 Å². The molecular weight excluding hydrogens is 336 g/mol. The Morgan fingerprint density at radius 1 is 1.08 bits per heavy atom. The first-order valence-electron chi connectivity index (χ1n) is 6.88. The van der Waals surface area contributed by atoms with Gasteiger partial charge in [0.25, 0.3) is 0 Å². The molecule has 0 atom stereocenters. The number of hydrogen-bond acceptors (Lipinski definition) is 7. The van der Waals surface area contributed by atoms with Gasteiger partial charge in [0.05, 0.1) is 24.7 Å². The normalized spacial score (nSPS) is 11.1. The fraction of sp³-hybridized carbons (Fsp3) is 0.250. The first kappa shape index (κ1) is 17.7. The topological polar surface area (TPSA) is 99.9 Å². The molecular formula is C16H16O7S. The summed E-state index contributed by atoms with van der Waals surface area (Å²) in [7, 11) is -1.92. The number of esters is 2. The van der Waals surface area contributed by atoms with Crippen LogP contribution < -0.4 is 0 Å². The van der Waals surface area contributed by atoms with Crippen LogP contribution in [-0.2, 0) is 31.7 Å². The zero-order valence-corrected chi connectivity index (χ0v) is 14.0. The number of benzene rings is 1.